The Labute approximate surface area is 299 Å². The quantitative estimate of drug-likeness (QED) is 0.0269. The monoisotopic (exact) mass is 767 g/mol. The van der Waals surface area contributed by atoms with E-state index in [2.05, 4.69) is 22.6 Å². The Hall–Kier alpha value is 0.827. The van der Waals surface area contributed by atoms with Gasteiger partial charge in [0.25, 0.3) is 0 Å². The minimum atomic E-state index is -2.34. The summed E-state index contributed by atoms with van der Waals surface area (Å²) < 4.78 is 17.9. The van der Waals surface area contributed by atoms with Crippen molar-refractivity contribution in [3.63, 3.8) is 0 Å². The summed E-state index contributed by atoms with van der Waals surface area (Å²) >= 11 is 2.50. The molecule has 0 bridgehead atoms. The normalized spacial score (nSPS) is 12.0. The van der Waals surface area contributed by atoms with Crippen molar-refractivity contribution in [1.82, 2.24) is 0 Å². The lowest BCUT2D eigenvalue weighted by Gasteiger charge is -2.24. The molecule has 0 amide bonds. The van der Waals surface area contributed by atoms with Gasteiger partial charge in [-0.05, 0) is 17.3 Å². The van der Waals surface area contributed by atoms with E-state index in [1.807, 2.05) is 0 Å². The van der Waals surface area contributed by atoms with Crippen LogP contribution in [0.25, 0.3) is 0 Å². The third kappa shape index (κ3) is 34.5. The van der Waals surface area contributed by atoms with Crippen LogP contribution in [-0.2, 0) is 13.3 Å². The molecule has 0 saturated carbocycles. The molecule has 0 aliphatic heterocycles. The van der Waals surface area contributed by atoms with Gasteiger partial charge >= 0.3 is 8.80 Å². The molecule has 0 aromatic carbocycles. The van der Waals surface area contributed by atoms with E-state index < -0.39 is 8.80 Å². The van der Waals surface area contributed by atoms with Crippen LogP contribution in [0.15, 0.2) is 0 Å². The summed E-state index contributed by atoms with van der Waals surface area (Å²) in [5.41, 5.74) is 0. The highest BCUT2D eigenvalue weighted by atomic mass is 127. The summed E-state index contributed by atoms with van der Waals surface area (Å²) in [6.45, 7) is 0. The third-order valence-electron chi connectivity index (χ3n) is 10.0. The summed E-state index contributed by atoms with van der Waals surface area (Å²) in [4.78, 5) is 0. The molecule has 0 N–H and O–H groups in total. The van der Waals surface area contributed by atoms with Gasteiger partial charge < -0.3 is 13.3 Å². The second-order valence-electron chi connectivity index (χ2n) is 14.1. The Balaban J connectivity index is 3.11. The first-order valence-electron chi connectivity index (χ1n) is 20.5. The van der Waals surface area contributed by atoms with Crippen LogP contribution in [0.2, 0.25) is 6.04 Å². The van der Waals surface area contributed by atoms with Crippen LogP contribution < -0.4 is 0 Å². The maximum absolute atomic E-state index is 5.50. The summed E-state index contributed by atoms with van der Waals surface area (Å²) in [5.74, 6) is 0. The van der Waals surface area contributed by atoms with Crippen molar-refractivity contribution in [2.45, 2.75) is 231 Å². The van der Waals surface area contributed by atoms with E-state index in [4.69, 9.17) is 13.3 Å². The van der Waals surface area contributed by atoms with E-state index in [0.717, 1.165) is 12.5 Å². The molecule has 0 heterocycles. The molecule has 0 radical (unpaired) electrons. The lowest BCUT2D eigenvalue weighted by molar-refractivity contribution is 0.122. The van der Waals surface area contributed by atoms with E-state index >= 15 is 0 Å². The zero-order chi connectivity index (χ0) is 32.8. The van der Waals surface area contributed by atoms with Gasteiger partial charge in [-0.2, -0.15) is 0 Å². The third-order valence-corrected chi connectivity index (χ3v) is 13.6. The number of hydrogen-bond acceptors (Lipinski definition) is 3. The topological polar surface area (TPSA) is 27.7 Å². The van der Waals surface area contributed by atoms with Crippen molar-refractivity contribution in [1.29, 1.82) is 0 Å². The number of rotatable bonds is 40. The van der Waals surface area contributed by atoms with Crippen molar-refractivity contribution in [2.24, 2.45) is 0 Å². The average molecular weight is 767 g/mol. The molecule has 0 aliphatic rings. The molecule has 45 heavy (non-hydrogen) atoms. The highest BCUT2D eigenvalue weighted by molar-refractivity contribution is 14.1. The number of halogens is 1. The van der Waals surface area contributed by atoms with Crippen molar-refractivity contribution in [3.8, 4) is 0 Å². The van der Waals surface area contributed by atoms with Crippen LogP contribution in [0.1, 0.15) is 225 Å². The summed E-state index contributed by atoms with van der Waals surface area (Å²) in [6, 6.07) is 0.941. The maximum atomic E-state index is 5.50. The number of unbranched alkanes of at least 4 members (excludes halogenated alkanes) is 34. The molecule has 272 valence electrons. The summed E-state index contributed by atoms with van der Waals surface area (Å²) in [6.07, 6.45) is 50.7. The Morgan fingerprint density at radius 2 is 0.422 bits per heavy atom. The molecule has 0 unspecified atom stereocenters. The van der Waals surface area contributed by atoms with Crippen LogP contribution in [0, 0.1) is 0 Å². The first kappa shape index (κ1) is 45.8. The Morgan fingerprint density at radius 1 is 0.267 bits per heavy atom. The molecule has 5 heteroatoms. The standard InChI is InChI=1S/C40H83IO3Si/c1-42-45(43-2,44-3)40-38-36-34-32-30-28-26-24-22-20-18-16-14-12-10-8-6-4-5-7-9-11-13-15-17-19-21-23-25-27-29-31-33-35-37-39-41/h4-40H2,1-3H3. The van der Waals surface area contributed by atoms with E-state index in [1.165, 1.54) is 223 Å². The summed E-state index contributed by atoms with van der Waals surface area (Å²) in [5, 5.41) is 0. The predicted octanol–water partition coefficient (Wildman–Crippen LogP) is 15.0. The fraction of sp³-hybridized carbons (Fsp3) is 1.00. The largest absolute Gasteiger partial charge is 0.500 e. The van der Waals surface area contributed by atoms with Crippen LogP contribution in [0.3, 0.4) is 0 Å². The minimum absolute atomic E-state index is 0.941. The SMILES string of the molecule is CO[Si](CCCCCCCCCCCCCCCCCCCCCCCCCCCCCCCCCCCCCI)(OC)OC. The fourth-order valence-electron chi connectivity index (χ4n) is 6.83. The van der Waals surface area contributed by atoms with Crippen LogP contribution in [0.5, 0.6) is 0 Å². The van der Waals surface area contributed by atoms with Gasteiger partial charge in [0.15, 0.2) is 0 Å². The van der Waals surface area contributed by atoms with Crippen molar-refractivity contribution in [3.05, 3.63) is 0 Å². The highest BCUT2D eigenvalue weighted by Crippen LogP contribution is 2.20. The van der Waals surface area contributed by atoms with E-state index in [0.29, 0.717) is 0 Å². The first-order chi connectivity index (χ1) is 22.2. The molecule has 0 spiro atoms. The van der Waals surface area contributed by atoms with E-state index in [1.54, 1.807) is 21.3 Å². The Bertz CT molecular complexity index is 523. The molecule has 0 fully saturated rings. The summed E-state index contributed by atoms with van der Waals surface area (Å²) in [7, 11) is 2.79. The van der Waals surface area contributed by atoms with Gasteiger partial charge in [-0.1, -0.05) is 234 Å². The van der Waals surface area contributed by atoms with Crippen molar-refractivity contribution >= 4 is 31.4 Å². The molecule has 0 aromatic heterocycles. The second kappa shape index (κ2) is 39.3. The molecular weight excluding hydrogens is 683 g/mol. The van der Waals surface area contributed by atoms with Gasteiger partial charge in [-0.15, -0.1) is 0 Å². The predicted molar refractivity (Wildman–Crippen MR) is 212 cm³/mol. The molecule has 0 aliphatic carbocycles. The molecule has 0 rings (SSSR count). The van der Waals surface area contributed by atoms with Gasteiger partial charge in [0.05, 0.1) is 0 Å². The van der Waals surface area contributed by atoms with Gasteiger partial charge in [-0.3, -0.25) is 0 Å². The van der Waals surface area contributed by atoms with Crippen molar-refractivity contribution < 1.29 is 13.3 Å². The zero-order valence-electron chi connectivity index (χ0n) is 31.3. The van der Waals surface area contributed by atoms with Gasteiger partial charge in [0.2, 0.25) is 0 Å². The molecule has 0 atom stereocenters. The molecule has 0 aromatic rings. The fourth-order valence-corrected chi connectivity index (χ4v) is 9.16. The maximum Gasteiger partial charge on any atom is 0.500 e. The molecular formula is C40H83IO3Si. The van der Waals surface area contributed by atoms with Crippen molar-refractivity contribution in [2.75, 3.05) is 25.8 Å². The highest BCUT2D eigenvalue weighted by Gasteiger charge is 2.36. The lowest BCUT2D eigenvalue weighted by Crippen LogP contribution is -2.42. The second-order valence-corrected chi connectivity index (χ2v) is 18.3. The minimum Gasteiger partial charge on any atom is -0.377 e. The molecule has 3 nitrogen and oxygen atoms in total. The van der Waals surface area contributed by atoms with Gasteiger partial charge in [0.1, 0.15) is 0 Å². The Morgan fingerprint density at radius 3 is 0.578 bits per heavy atom. The number of hydrogen-bond donors (Lipinski definition) is 0. The van der Waals surface area contributed by atoms with E-state index in [9.17, 15) is 0 Å². The van der Waals surface area contributed by atoms with Crippen LogP contribution in [-0.4, -0.2) is 34.6 Å². The van der Waals surface area contributed by atoms with Crippen LogP contribution in [0.4, 0.5) is 0 Å². The smallest absolute Gasteiger partial charge is 0.377 e. The molecule has 0 saturated heterocycles. The first-order valence-corrected chi connectivity index (χ1v) is 23.9. The average Bonchev–Trinajstić information content (AvgIpc) is 3.06. The lowest BCUT2D eigenvalue weighted by atomic mass is 10.0. The Kier molecular flexibility index (Phi) is 40.0. The van der Waals surface area contributed by atoms with Gasteiger partial charge in [-0.25, -0.2) is 0 Å². The van der Waals surface area contributed by atoms with E-state index in [-0.39, 0.29) is 0 Å². The zero-order valence-corrected chi connectivity index (χ0v) is 34.4. The van der Waals surface area contributed by atoms with Gasteiger partial charge in [0, 0.05) is 27.4 Å². The van der Waals surface area contributed by atoms with Crippen LogP contribution >= 0.6 is 22.6 Å². The number of alkyl halides is 1.